The van der Waals surface area contributed by atoms with Crippen molar-refractivity contribution in [2.45, 2.75) is 335 Å². The van der Waals surface area contributed by atoms with Crippen molar-refractivity contribution < 1.29 is 28.6 Å². The summed E-state index contributed by atoms with van der Waals surface area (Å²) >= 11 is 0. The molecule has 0 aliphatic carbocycles. The molecular formula is C71H124O6. The van der Waals surface area contributed by atoms with Crippen LogP contribution in [0.15, 0.2) is 85.1 Å². The van der Waals surface area contributed by atoms with E-state index in [2.05, 4.69) is 106 Å². The van der Waals surface area contributed by atoms with Crippen LogP contribution in [0.4, 0.5) is 0 Å². The van der Waals surface area contributed by atoms with E-state index in [0.717, 1.165) is 116 Å². The van der Waals surface area contributed by atoms with Gasteiger partial charge in [-0.15, -0.1) is 0 Å². The van der Waals surface area contributed by atoms with Crippen molar-refractivity contribution in [2.75, 3.05) is 13.2 Å². The second-order valence-electron chi connectivity index (χ2n) is 22.0. The summed E-state index contributed by atoms with van der Waals surface area (Å²) in [6.45, 7) is 6.47. The third-order valence-electron chi connectivity index (χ3n) is 14.4. The van der Waals surface area contributed by atoms with Gasteiger partial charge in [-0.25, -0.2) is 0 Å². The molecule has 0 bridgehead atoms. The van der Waals surface area contributed by atoms with E-state index in [1.54, 1.807) is 0 Å². The lowest BCUT2D eigenvalue weighted by Crippen LogP contribution is -2.30. The summed E-state index contributed by atoms with van der Waals surface area (Å²) in [7, 11) is 0. The molecule has 0 heterocycles. The molecule has 0 radical (unpaired) electrons. The first-order valence-electron chi connectivity index (χ1n) is 33.1. The molecule has 1 unspecified atom stereocenters. The zero-order chi connectivity index (χ0) is 55.7. The average molecular weight is 1070 g/mol. The first kappa shape index (κ1) is 73.6. The summed E-state index contributed by atoms with van der Waals surface area (Å²) in [5, 5.41) is 0. The minimum atomic E-state index is -0.777. The van der Waals surface area contributed by atoms with Gasteiger partial charge < -0.3 is 14.2 Å². The van der Waals surface area contributed by atoms with Crippen LogP contribution >= 0.6 is 0 Å². The normalized spacial score (nSPS) is 12.6. The van der Waals surface area contributed by atoms with Gasteiger partial charge in [0.25, 0.3) is 0 Å². The predicted molar refractivity (Wildman–Crippen MR) is 334 cm³/mol. The Hall–Kier alpha value is -3.41. The van der Waals surface area contributed by atoms with Crippen LogP contribution in [0.2, 0.25) is 0 Å². The van der Waals surface area contributed by atoms with Crippen LogP contribution in [0, 0.1) is 0 Å². The topological polar surface area (TPSA) is 78.9 Å². The van der Waals surface area contributed by atoms with Gasteiger partial charge in [-0.1, -0.05) is 318 Å². The number of carbonyl (C=O) groups is 3. The predicted octanol–water partition coefficient (Wildman–Crippen LogP) is 22.7. The van der Waals surface area contributed by atoms with Gasteiger partial charge in [0.15, 0.2) is 6.10 Å². The Morgan fingerprint density at radius 2 is 0.506 bits per heavy atom. The molecule has 0 saturated heterocycles. The van der Waals surface area contributed by atoms with Gasteiger partial charge in [-0.2, -0.15) is 0 Å². The first-order valence-corrected chi connectivity index (χ1v) is 33.1. The van der Waals surface area contributed by atoms with Gasteiger partial charge in [0.2, 0.25) is 0 Å². The Balaban J connectivity index is 4.05. The highest BCUT2D eigenvalue weighted by atomic mass is 16.6. The lowest BCUT2D eigenvalue weighted by Gasteiger charge is -2.18. The molecule has 6 heteroatoms. The summed E-state index contributed by atoms with van der Waals surface area (Å²) in [4.78, 5) is 38.0. The maximum Gasteiger partial charge on any atom is 0.306 e. The number of hydrogen-bond acceptors (Lipinski definition) is 6. The second-order valence-corrected chi connectivity index (χ2v) is 22.0. The number of unbranched alkanes of at least 4 members (excludes halogenated alkanes) is 35. The maximum absolute atomic E-state index is 12.8. The molecule has 0 spiro atoms. The second kappa shape index (κ2) is 65.1. The minimum Gasteiger partial charge on any atom is -0.462 e. The van der Waals surface area contributed by atoms with Crippen molar-refractivity contribution in [3.8, 4) is 0 Å². The van der Waals surface area contributed by atoms with Crippen LogP contribution in [0.5, 0.6) is 0 Å². The molecule has 444 valence electrons. The molecule has 0 aromatic rings. The van der Waals surface area contributed by atoms with Gasteiger partial charge in [-0.3, -0.25) is 14.4 Å². The van der Waals surface area contributed by atoms with Crippen molar-refractivity contribution in [3.05, 3.63) is 85.1 Å². The van der Waals surface area contributed by atoms with E-state index in [9.17, 15) is 14.4 Å². The molecule has 0 aliphatic heterocycles. The summed E-state index contributed by atoms with van der Waals surface area (Å²) < 4.78 is 16.8. The molecule has 1 atom stereocenters. The standard InChI is InChI=1S/C71H124O6/c1-4-7-10-13-15-17-19-21-23-25-27-29-31-33-34-35-36-38-39-41-43-45-47-49-51-53-55-58-61-64-70(73)76-67-68(66-75-69(72)63-60-57-12-9-6-3)77-71(74)65-62-59-56-54-52-50-48-46-44-42-40-37-32-30-28-26-24-22-20-18-16-14-11-8-5-2/h7,10,15,17,21,23,27,29,33-34,36,38,41,43,68H,4-6,8-9,11-14,16,18-20,22,24-26,28,30-32,35,37,39-40,42,44-67H2,1-3H3/b10-7-,17-15-,23-21-,29-27-,34-33-,38-36-,43-41-. The van der Waals surface area contributed by atoms with Crippen molar-refractivity contribution in [3.63, 3.8) is 0 Å². The molecule has 0 aliphatic rings. The van der Waals surface area contributed by atoms with Crippen LogP contribution in [-0.4, -0.2) is 37.2 Å². The maximum atomic E-state index is 12.8. The van der Waals surface area contributed by atoms with Gasteiger partial charge in [0, 0.05) is 19.3 Å². The van der Waals surface area contributed by atoms with Gasteiger partial charge >= 0.3 is 17.9 Å². The molecule has 0 rings (SSSR count). The molecule has 0 amide bonds. The first-order chi connectivity index (χ1) is 38.0. The summed E-state index contributed by atoms with van der Waals surface area (Å²) in [6, 6.07) is 0. The summed E-state index contributed by atoms with van der Waals surface area (Å²) in [5.74, 6) is -0.889. The molecule has 6 nitrogen and oxygen atoms in total. The molecule has 0 aromatic carbocycles. The van der Waals surface area contributed by atoms with Crippen LogP contribution in [0.3, 0.4) is 0 Å². The van der Waals surface area contributed by atoms with Gasteiger partial charge in [0.1, 0.15) is 13.2 Å². The number of esters is 3. The summed E-state index contributed by atoms with van der Waals surface area (Å²) in [5.41, 5.74) is 0. The Morgan fingerprint density at radius 3 is 0.792 bits per heavy atom. The zero-order valence-corrected chi connectivity index (χ0v) is 51.0. The highest BCUT2D eigenvalue weighted by molar-refractivity contribution is 5.71. The highest BCUT2D eigenvalue weighted by Crippen LogP contribution is 2.17. The van der Waals surface area contributed by atoms with Crippen molar-refractivity contribution in [1.29, 1.82) is 0 Å². The molecule has 77 heavy (non-hydrogen) atoms. The third kappa shape index (κ3) is 63.3. The average Bonchev–Trinajstić information content (AvgIpc) is 3.43. The quantitative estimate of drug-likeness (QED) is 0.0261. The fourth-order valence-corrected chi connectivity index (χ4v) is 9.48. The van der Waals surface area contributed by atoms with E-state index in [1.807, 2.05) is 0 Å². The molecular weight excluding hydrogens is 949 g/mol. The molecule has 0 saturated carbocycles. The Morgan fingerprint density at radius 1 is 0.273 bits per heavy atom. The molecule has 0 fully saturated rings. The third-order valence-corrected chi connectivity index (χ3v) is 14.4. The summed E-state index contributed by atoms with van der Waals surface area (Å²) in [6.07, 6.45) is 86.5. The Bertz CT molecular complexity index is 1470. The Labute approximate surface area is 477 Å². The number of hydrogen-bond donors (Lipinski definition) is 0. The van der Waals surface area contributed by atoms with E-state index in [1.165, 1.54) is 173 Å². The minimum absolute atomic E-state index is 0.0778. The number of ether oxygens (including phenoxy) is 3. The molecule has 0 N–H and O–H groups in total. The SMILES string of the molecule is CC/C=C\C/C=C\C/C=C\C/C=C\C/C=C\C/C=C\C/C=C\CCCCCCCCCC(=O)OCC(COC(=O)CCCCCCC)OC(=O)CCCCCCCCCCCCCCCCCCCCCCCCCCC. The number of rotatable bonds is 60. The number of allylic oxidation sites excluding steroid dienone is 14. The van der Waals surface area contributed by atoms with E-state index < -0.39 is 6.10 Å². The smallest absolute Gasteiger partial charge is 0.306 e. The largest absolute Gasteiger partial charge is 0.462 e. The fraction of sp³-hybridized carbons (Fsp3) is 0.761. The van der Waals surface area contributed by atoms with Crippen LogP contribution < -0.4 is 0 Å². The molecule has 0 aromatic heterocycles. The highest BCUT2D eigenvalue weighted by Gasteiger charge is 2.19. The van der Waals surface area contributed by atoms with E-state index in [-0.39, 0.29) is 31.1 Å². The monoisotopic (exact) mass is 1070 g/mol. The van der Waals surface area contributed by atoms with Crippen molar-refractivity contribution in [1.82, 2.24) is 0 Å². The number of carbonyl (C=O) groups excluding carboxylic acids is 3. The van der Waals surface area contributed by atoms with Crippen LogP contribution in [-0.2, 0) is 28.6 Å². The van der Waals surface area contributed by atoms with Gasteiger partial charge in [0.05, 0.1) is 0 Å². The lowest BCUT2D eigenvalue weighted by molar-refractivity contribution is -0.167. The van der Waals surface area contributed by atoms with Crippen LogP contribution in [0.25, 0.3) is 0 Å². The van der Waals surface area contributed by atoms with Crippen LogP contribution in [0.1, 0.15) is 329 Å². The van der Waals surface area contributed by atoms with E-state index in [0.29, 0.717) is 19.3 Å². The van der Waals surface area contributed by atoms with Crippen molar-refractivity contribution in [2.24, 2.45) is 0 Å². The van der Waals surface area contributed by atoms with Gasteiger partial charge in [-0.05, 0) is 77.0 Å². The Kier molecular flexibility index (Phi) is 62.2. The fourth-order valence-electron chi connectivity index (χ4n) is 9.48. The van der Waals surface area contributed by atoms with Crippen molar-refractivity contribution >= 4 is 17.9 Å². The van der Waals surface area contributed by atoms with E-state index in [4.69, 9.17) is 14.2 Å². The zero-order valence-electron chi connectivity index (χ0n) is 51.0. The lowest BCUT2D eigenvalue weighted by atomic mass is 10.0. The van der Waals surface area contributed by atoms with E-state index >= 15 is 0 Å².